The van der Waals surface area contributed by atoms with E-state index in [-0.39, 0.29) is 6.61 Å². The van der Waals surface area contributed by atoms with Gasteiger partial charge in [-0.3, -0.25) is 0 Å². The first kappa shape index (κ1) is 24.5. The number of guanidine groups is 1. The molecule has 7 heteroatoms. The highest BCUT2D eigenvalue weighted by atomic mass is 16.5. The van der Waals surface area contributed by atoms with Crippen molar-refractivity contribution in [3.8, 4) is 11.6 Å². The van der Waals surface area contributed by atoms with E-state index < -0.39 is 0 Å². The number of aliphatic hydroxyl groups is 1. The normalized spacial score (nSPS) is 12.3. The van der Waals surface area contributed by atoms with Crippen molar-refractivity contribution in [2.45, 2.75) is 39.7 Å². The molecule has 0 saturated heterocycles. The first-order chi connectivity index (χ1) is 15.2. The van der Waals surface area contributed by atoms with Gasteiger partial charge in [0.1, 0.15) is 19.0 Å². The van der Waals surface area contributed by atoms with Crippen molar-refractivity contribution < 1.29 is 14.6 Å². The van der Waals surface area contributed by atoms with Gasteiger partial charge in [0.05, 0.1) is 6.54 Å². The van der Waals surface area contributed by atoms with E-state index >= 15 is 0 Å². The summed E-state index contributed by atoms with van der Waals surface area (Å²) in [4.78, 5) is 9.00. The molecule has 0 aliphatic heterocycles. The van der Waals surface area contributed by atoms with Gasteiger partial charge in [0.15, 0.2) is 5.96 Å². The summed E-state index contributed by atoms with van der Waals surface area (Å²) in [6.07, 6.45) is 4.79. The van der Waals surface area contributed by atoms with Gasteiger partial charge < -0.3 is 25.2 Å². The van der Waals surface area contributed by atoms with Crippen LogP contribution in [0.5, 0.6) is 11.6 Å². The summed E-state index contributed by atoms with van der Waals surface area (Å²) in [6.45, 7) is 7.45. The topological polar surface area (TPSA) is 88.0 Å². The molecule has 0 bridgehead atoms. The number of aliphatic hydroxyl groups excluding tert-OH is 1. The molecule has 2 aromatic rings. The average Bonchev–Trinajstić information content (AvgIpc) is 2.80. The fourth-order valence-corrected chi connectivity index (χ4v) is 3.10. The van der Waals surface area contributed by atoms with Crippen molar-refractivity contribution in [1.29, 1.82) is 0 Å². The van der Waals surface area contributed by atoms with Crippen LogP contribution in [0, 0.1) is 5.92 Å². The van der Waals surface area contributed by atoms with Crippen molar-refractivity contribution in [3.05, 3.63) is 54.2 Å². The van der Waals surface area contributed by atoms with Gasteiger partial charge in [-0.15, -0.1) is 0 Å². The number of pyridine rings is 1. The number of nitrogens with zero attached hydrogens (tertiary/aromatic N) is 2. The van der Waals surface area contributed by atoms with Gasteiger partial charge in [0, 0.05) is 32.0 Å². The third kappa shape index (κ3) is 10.2. The fourth-order valence-electron chi connectivity index (χ4n) is 3.10. The number of hydrogen-bond donors (Lipinski definition) is 3. The molecule has 170 valence electrons. The van der Waals surface area contributed by atoms with E-state index in [0.717, 1.165) is 49.6 Å². The zero-order valence-corrected chi connectivity index (χ0v) is 18.7. The Morgan fingerprint density at radius 1 is 1.03 bits per heavy atom. The summed E-state index contributed by atoms with van der Waals surface area (Å²) in [5.41, 5.74) is 1.01. The molecule has 1 aromatic heterocycles. The van der Waals surface area contributed by atoms with Crippen LogP contribution in [-0.4, -0.2) is 49.0 Å². The van der Waals surface area contributed by atoms with Crippen LogP contribution < -0.4 is 20.1 Å². The second kappa shape index (κ2) is 15.1. The summed E-state index contributed by atoms with van der Waals surface area (Å²) < 4.78 is 11.3. The lowest BCUT2D eigenvalue weighted by molar-refractivity contribution is 0.212. The maximum Gasteiger partial charge on any atom is 0.213 e. The Kier molecular flexibility index (Phi) is 11.9. The largest absolute Gasteiger partial charge is 0.490 e. The molecule has 0 spiro atoms. The van der Waals surface area contributed by atoms with Gasteiger partial charge in [-0.05, 0) is 43.4 Å². The average molecular weight is 429 g/mol. The van der Waals surface area contributed by atoms with Crippen molar-refractivity contribution in [1.82, 2.24) is 15.6 Å². The Bertz CT molecular complexity index is 732. The van der Waals surface area contributed by atoms with Crippen LogP contribution in [0.1, 0.15) is 38.7 Å². The lowest BCUT2D eigenvalue weighted by atomic mass is 10.0. The zero-order chi connectivity index (χ0) is 22.2. The molecule has 0 aliphatic carbocycles. The Morgan fingerprint density at radius 2 is 1.84 bits per heavy atom. The number of hydrogen-bond acceptors (Lipinski definition) is 5. The Balaban J connectivity index is 1.77. The van der Waals surface area contributed by atoms with Gasteiger partial charge in [-0.1, -0.05) is 37.6 Å². The number of nitrogens with one attached hydrogen (secondary N) is 2. The molecule has 0 saturated carbocycles. The maximum absolute atomic E-state index is 9.23. The molecule has 0 fully saturated rings. The highest BCUT2D eigenvalue weighted by molar-refractivity contribution is 5.79. The van der Waals surface area contributed by atoms with Gasteiger partial charge in [-0.2, -0.15) is 0 Å². The van der Waals surface area contributed by atoms with Crippen LogP contribution in [0.3, 0.4) is 0 Å². The number of aliphatic imine (C=N–C) groups is 1. The highest BCUT2D eigenvalue weighted by Gasteiger charge is 2.08. The fraction of sp³-hybridized carbons (Fsp3) is 0.500. The lowest BCUT2D eigenvalue weighted by Gasteiger charge is -2.18. The van der Waals surface area contributed by atoms with Crippen LogP contribution in [0.4, 0.5) is 0 Å². The number of ether oxygens (including phenoxy) is 2. The Morgan fingerprint density at radius 3 is 2.52 bits per heavy atom. The maximum atomic E-state index is 9.23. The van der Waals surface area contributed by atoms with E-state index in [9.17, 15) is 5.11 Å². The van der Waals surface area contributed by atoms with E-state index in [0.29, 0.717) is 31.6 Å². The van der Waals surface area contributed by atoms with E-state index in [1.165, 1.54) is 0 Å². The number of benzene rings is 1. The second-order valence-electron chi connectivity index (χ2n) is 7.26. The molecule has 1 unspecified atom stereocenters. The summed E-state index contributed by atoms with van der Waals surface area (Å²) in [7, 11) is 0. The first-order valence-corrected chi connectivity index (χ1v) is 11.1. The van der Waals surface area contributed by atoms with E-state index in [1.807, 2.05) is 49.4 Å². The lowest BCUT2D eigenvalue weighted by Crippen LogP contribution is -2.40. The summed E-state index contributed by atoms with van der Waals surface area (Å²) in [5, 5.41) is 15.9. The van der Waals surface area contributed by atoms with Gasteiger partial charge in [-0.25, -0.2) is 9.98 Å². The van der Waals surface area contributed by atoms with Crippen molar-refractivity contribution in [2.24, 2.45) is 10.9 Å². The second-order valence-corrected chi connectivity index (χ2v) is 7.26. The smallest absolute Gasteiger partial charge is 0.213 e. The molecular formula is C24H36N4O3. The Hall–Kier alpha value is -2.80. The molecule has 1 heterocycles. The molecule has 3 N–H and O–H groups in total. The van der Waals surface area contributed by atoms with E-state index in [2.05, 4.69) is 27.5 Å². The van der Waals surface area contributed by atoms with Gasteiger partial charge in [0.2, 0.25) is 5.88 Å². The molecule has 0 aliphatic rings. The molecular weight excluding hydrogens is 392 g/mol. The quantitative estimate of drug-likeness (QED) is 0.243. The number of aromatic nitrogens is 1. The van der Waals surface area contributed by atoms with Crippen molar-refractivity contribution >= 4 is 5.96 Å². The predicted molar refractivity (Wildman–Crippen MR) is 125 cm³/mol. The van der Waals surface area contributed by atoms with Gasteiger partial charge in [0.25, 0.3) is 0 Å². The summed E-state index contributed by atoms with van der Waals surface area (Å²) in [5.74, 6) is 2.62. The van der Waals surface area contributed by atoms with Crippen LogP contribution >= 0.6 is 0 Å². The minimum absolute atomic E-state index is 0.221. The molecule has 1 atom stereocenters. The predicted octanol–water partition coefficient (Wildman–Crippen LogP) is 3.39. The third-order valence-electron chi connectivity index (χ3n) is 4.70. The Labute approximate surface area is 185 Å². The minimum Gasteiger partial charge on any atom is -0.490 e. The number of rotatable bonds is 14. The summed E-state index contributed by atoms with van der Waals surface area (Å²) in [6, 6.07) is 13.5. The molecule has 2 rings (SSSR count). The molecule has 7 nitrogen and oxygen atoms in total. The van der Waals surface area contributed by atoms with Gasteiger partial charge >= 0.3 is 0 Å². The molecule has 31 heavy (non-hydrogen) atoms. The standard InChI is InChI=1S/C24H36N4O3/c1-3-8-20(13-14-29)17-27-24(25-4-2)28-19-21-11-12-23(26-18-21)31-16-15-30-22-9-6-5-7-10-22/h5-7,9-12,18,20,29H,3-4,8,13-17,19H2,1-2H3,(H2,25,27,28). The highest BCUT2D eigenvalue weighted by Crippen LogP contribution is 2.11. The van der Waals surface area contributed by atoms with Crippen LogP contribution in [0.25, 0.3) is 0 Å². The van der Waals surface area contributed by atoms with E-state index in [1.54, 1.807) is 6.20 Å². The van der Waals surface area contributed by atoms with Crippen molar-refractivity contribution in [2.75, 3.05) is 32.9 Å². The van der Waals surface area contributed by atoms with Crippen LogP contribution in [-0.2, 0) is 6.54 Å². The van der Waals surface area contributed by atoms with E-state index in [4.69, 9.17) is 9.47 Å². The van der Waals surface area contributed by atoms with Crippen molar-refractivity contribution in [3.63, 3.8) is 0 Å². The monoisotopic (exact) mass is 428 g/mol. The summed E-state index contributed by atoms with van der Waals surface area (Å²) >= 11 is 0. The van der Waals surface area contributed by atoms with Crippen LogP contribution in [0.15, 0.2) is 53.7 Å². The minimum atomic E-state index is 0.221. The number of para-hydroxylation sites is 1. The molecule has 0 amide bonds. The molecule has 0 radical (unpaired) electrons. The van der Waals surface area contributed by atoms with Crippen LogP contribution in [0.2, 0.25) is 0 Å². The first-order valence-electron chi connectivity index (χ1n) is 11.1. The molecule has 1 aromatic carbocycles. The third-order valence-corrected chi connectivity index (χ3v) is 4.70. The zero-order valence-electron chi connectivity index (χ0n) is 18.7. The SMILES string of the molecule is CCCC(CCO)CNC(=NCc1ccc(OCCOc2ccccc2)nc1)NCC.